The van der Waals surface area contributed by atoms with Gasteiger partial charge in [0.15, 0.2) is 0 Å². The van der Waals surface area contributed by atoms with E-state index in [9.17, 15) is 4.79 Å². The number of rotatable bonds is 5. The number of hydrogen-bond donors (Lipinski definition) is 3. The summed E-state index contributed by atoms with van der Waals surface area (Å²) in [5.41, 5.74) is 4.92. The molecule has 0 aromatic carbocycles. The first-order valence-corrected chi connectivity index (χ1v) is 5.14. The largest absolute Gasteiger partial charge is 0.378 e. The van der Waals surface area contributed by atoms with Gasteiger partial charge in [0.25, 0.3) is 0 Å². The van der Waals surface area contributed by atoms with Crippen molar-refractivity contribution in [1.82, 2.24) is 10.6 Å². The monoisotopic (exact) mass is 201 g/mol. The lowest BCUT2D eigenvalue weighted by Gasteiger charge is -2.22. The number of hydrogen-bond acceptors (Lipinski definition) is 3. The SMILES string of the molecule is NC(=O)NCCCOC1CCNCC1. The lowest BCUT2D eigenvalue weighted by molar-refractivity contribution is 0.0320. The van der Waals surface area contributed by atoms with Crippen molar-refractivity contribution in [3.63, 3.8) is 0 Å². The van der Waals surface area contributed by atoms with Crippen LogP contribution in [0, 0.1) is 0 Å². The van der Waals surface area contributed by atoms with E-state index in [0.717, 1.165) is 32.4 Å². The van der Waals surface area contributed by atoms with Crippen LogP contribution in [-0.2, 0) is 4.74 Å². The van der Waals surface area contributed by atoms with Gasteiger partial charge >= 0.3 is 6.03 Å². The maximum Gasteiger partial charge on any atom is 0.312 e. The predicted molar refractivity (Wildman–Crippen MR) is 54.0 cm³/mol. The van der Waals surface area contributed by atoms with Crippen molar-refractivity contribution >= 4 is 6.03 Å². The highest BCUT2D eigenvalue weighted by Crippen LogP contribution is 2.06. The molecule has 5 heteroatoms. The summed E-state index contributed by atoms with van der Waals surface area (Å²) in [6, 6.07) is -0.466. The van der Waals surface area contributed by atoms with Gasteiger partial charge in [-0.05, 0) is 32.4 Å². The zero-order valence-electron chi connectivity index (χ0n) is 8.42. The smallest absolute Gasteiger partial charge is 0.312 e. The Bertz CT molecular complexity index is 169. The van der Waals surface area contributed by atoms with E-state index in [1.54, 1.807) is 0 Å². The van der Waals surface area contributed by atoms with E-state index in [1.807, 2.05) is 0 Å². The molecule has 82 valence electrons. The van der Waals surface area contributed by atoms with Gasteiger partial charge in [-0.1, -0.05) is 0 Å². The molecule has 1 heterocycles. The van der Waals surface area contributed by atoms with Crippen LogP contribution in [0.25, 0.3) is 0 Å². The van der Waals surface area contributed by atoms with Crippen molar-refractivity contribution in [3.05, 3.63) is 0 Å². The molecule has 14 heavy (non-hydrogen) atoms. The fourth-order valence-corrected chi connectivity index (χ4v) is 1.50. The molecule has 0 bridgehead atoms. The zero-order valence-corrected chi connectivity index (χ0v) is 8.42. The molecule has 1 aliphatic heterocycles. The first-order valence-electron chi connectivity index (χ1n) is 5.14. The third-order valence-corrected chi connectivity index (χ3v) is 2.26. The first kappa shape index (κ1) is 11.3. The van der Waals surface area contributed by atoms with Crippen LogP contribution in [0.2, 0.25) is 0 Å². The van der Waals surface area contributed by atoms with Crippen molar-refractivity contribution in [2.75, 3.05) is 26.2 Å². The van der Waals surface area contributed by atoms with Gasteiger partial charge in [0, 0.05) is 13.2 Å². The topological polar surface area (TPSA) is 76.4 Å². The van der Waals surface area contributed by atoms with Crippen LogP contribution in [0.4, 0.5) is 4.79 Å². The molecule has 0 atom stereocenters. The molecule has 5 nitrogen and oxygen atoms in total. The Labute approximate surface area is 84.4 Å². The third kappa shape index (κ3) is 5.04. The molecule has 0 radical (unpaired) electrons. The van der Waals surface area contributed by atoms with Crippen LogP contribution < -0.4 is 16.4 Å². The van der Waals surface area contributed by atoms with Gasteiger partial charge in [0.1, 0.15) is 0 Å². The standard InChI is InChI=1S/C9H19N3O2/c10-9(13)12-4-1-7-14-8-2-5-11-6-3-8/h8,11H,1-7H2,(H3,10,12,13). The van der Waals surface area contributed by atoms with Gasteiger partial charge in [0.2, 0.25) is 0 Å². The van der Waals surface area contributed by atoms with Crippen molar-refractivity contribution in [3.8, 4) is 0 Å². The summed E-state index contributed by atoms with van der Waals surface area (Å²) in [7, 11) is 0. The van der Waals surface area contributed by atoms with Crippen LogP contribution >= 0.6 is 0 Å². The molecule has 2 amide bonds. The Morgan fingerprint density at radius 3 is 2.86 bits per heavy atom. The summed E-state index contributed by atoms with van der Waals surface area (Å²) in [6.07, 6.45) is 3.39. The van der Waals surface area contributed by atoms with Crippen LogP contribution in [-0.4, -0.2) is 38.4 Å². The molecular weight excluding hydrogens is 182 g/mol. The summed E-state index contributed by atoms with van der Waals surface area (Å²) in [6.45, 7) is 3.39. The molecular formula is C9H19N3O2. The minimum Gasteiger partial charge on any atom is -0.378 e. The van der Waals surface area contributed by atoms with E-state index in [1.165, 1.54) is 0 Å². The zero-order chi connectivity index (χ0) is 10.2. The number of nitrogens with one attached hydrogen (secondary N) is 2. The molecule has 1 saturated heterocycles. The number of ether oxygens (including phenoxy) is 1. The number of amides is 2. The van der Waals surface area contributed by atoms with Crippen LogP contribution in [0.15, 0.2) is 0 Å². The number of primary amides is 1. The van der Waals surface area contributed by atoms with Crippen molar-refractivity contribution in [2.45, 2.75) is 25.4 Å². The number of urea groups is 1. The molecule has 0 unspecified atom stereocenters. The molecule has 4 N–H and O–H groups in total. The molecule has 1 rings (SSSR count). The van der Waals surface area contributed by atoms with Crippen LogP contribution in [0.3, 0.4) is 0 Å². The maximum atomic E-state index is 10.3. The molecule has 0 saturated carbocycles. The number of piperidine rings is 1. The van der Waals surface area contributed by atoms with Crippen molar-refractivity contribution in [1.29, 1.82) is 0 Å². The predicted octanol–water partition coefficient (Wildman–Crippen LogP) is -0.187. The Balaban J connectivity index is 1.90. The molecule has 0 aromatic rings. The molecule has 1 fully saturated rings. The van der Waals surface area contributed by atoms with Gasteiger partial charge in [-0.15, -0.1) is 0 Å². The minimum atomic E-state index is -0.466. The second-order valence-electron chi connectivity index (χ2n) is 3.46. The van der Waals surface area contributed by atoms with Crippen LogP contribution in [0.5, 0.6) is 0 Å². The average Bonchev–Trinajstić information content (AvgIpc) is 2.18. The number of carbonyl (C=O) groups excluding carboxylic acids is 1. The molecule has 0 aromatic heterocycles. The quantitative estimate of drug-likeness (QED) is 0.540. The Hall–Kier alpha value is -0.810. The summed E-state index contributed by atoms with van der Waals surface area (Å²) in [5, 5.41) is 5.81. The second-order valence-corrected chi connectivity index (χ2v) is 3.46. The van der Waals surface area contributed by atoms with E-state index in [-0.39, 0.29) is 0 Å². The highest BCUT2D eigenvalue weighted by atomic mass is 16.5. The summed E-state index contributed by atoms with van der Waals surface area (Å²) in [4.78, 5) is 10.3. The summed E-state index contributed by atoms with van der Waals surface area (Å²) >= 11 is 0. The van der Waals surface area contributed by atoms with E-state index >= 15 is 0 Å². The van der Waals surface area contributed by atoms with Gasteiger partial charge in [0.05, 0.1) is 6.10 Å². The normalized spacial score (nSPS) is 18.0. The highest BCUT2D eigenvalue weighted by Gasteiger charge is 2.12. The Morgan fingerprint density at radius 1 is 1.50 bits per heavy atom. The van der Waals surface area contributed by atoms with Crippen LogP contribution in [0.1, 0.15) is 19.3 Å². The Morgan fingerprint density at radius 2 is 2.21 bits per heavy atom. The molecule has 1 aliphatic rings. The minimum absolute atomic E-state index is 0.393. The van der Waals surface area contributed by atoms with Gasteiger partial charge < -0.3 is 21.1 Å². The molecule has 0 spiro atoms. The van der Waals surface area contributed by atoms with Gasteiger partial charge in [-0.2, -0.15) is 0 Å². The first-order chi connectivity index (χ1) is 6.79. The number of nitrogens with two attached hydrogens (primary N) is 1. The third-order valence-electron chi connectivity index (χ3n) is 2.26. The van der Waals surface area contributed by atoms with Gasteiger partial charge in [-0.3, -0.25) is 0 Å². The lowest BCUT2D eigenvalue weighted by atomic mass is 10.1. The summed E-state index contributed by atoms with van der Waals surface area (Å²) in [5.74, 6) is 0. The average molecular weight is 201 g/mol. The van der Waals surface area contributed by atoms with Gasteiger partial charge in [-0.25, -0.2) is 4.79 Å². The fraction of sp³-hybridized carbons (Fsp3) is 0.889. The maximum absolute atomic E-state index is 10.3. The van der Waals surface area contributed by atoms with E-state index in [2.05, 4.69) is 10.6 Å². The highest BCUT2D eigenvalue weighted by molar-refractivity contribution is 5.71. The van der Waals surface area contributed by atoms with Crippen molar-refractivity contribution < 1.29 is 9.53 Å². The number of carbonyl (C=O) groups is 1. The summed E-state index contributed by atoms with van der Waals surface area (Å²) < 4.78 is 5.63. The second kappa shape index (κ2) is 6.62. The van der Waals surface area contributed by atoms with E-state index in [4.69, 9.17) is 10.5 Å². The fourth-order valence-electron chi connectivity index (χ4n) is 1.50. The lowest BCUT2D eigenvalue weighted by Crippen LogP contribution is -2.33. The molecule has 0 aliphatic carbocycles. The van der Waals surface area contributed by atoms with Crippen molar-refractivity contribution in [2.24, 2.45) is 5.73 Å². The Kier molecular flexibility index (Phi) is 5.32. The van der Waals surface area contributed by atoms with E-state index < -0.39 is 6.03 Å². The van der Waals surface area contributed by atoms with E-state index in [0.29, 0.717) is 19.3 Å².